The summed E-state index contributed by atoms with van der Waals surface area (Å²) < 4.78 is 8.63. The normalized spacial score (nSPS) is 12.6. The first-order valence-corrected chi connectivity index (χ1v) is 8.79. The minimum Gasteiger partial charge on any atom is -1.00 e. The molecule has 5 heterocycles. The third kappa shape index (κ3) is 4.40. The van der Waals surface area contributed by atoms with Gasteiger partial charge in [-0.05, 0) is 24.3 Å². The maximum Gasteiger partial charge on any atom is 0.244 e. The minimum absolute atomic E-state index is 0. The van der Waals surface area contributed by atoms with Crippen molar-refractivity contribution in [2.24, 2.45) is 0 Å². The molecule has 4 aromatic rings. The average Bonchev–Trinajstić information content (AvgIpc) is 3.24. The molecule has 0 radical (unpaired) electrons. The molecule has 4 aromatic heterocycles. The number of rotatable bonds is 0. The number of halogens is 2. The van der Waals surface area contributed by atoms with Gasteiger partial charge in [-0.3, -0.25) is 0 Å². The largest absolute Gasteiger partial charge is 1.00 e. The third-order valence-corrected chi connectivity index (χ3v) is 4.60. The van der Waals surface area contributed by atoms with Crippen molar-refractivity contribution in [3.8, 4) is 0 Å². The van der Waals surface area contributed by atoms with Crippen LogP contribution in [-0.4, -0.2) is 19.1 Å². The number of hydrogen-bond acceptors (Lipinski definition) is 2. The number of imidazole rings is 2. The van der Waals surface area contributed by atoms with E-state index >= 15 is 0 Å². The van der Waals surface area contributed by atoms with E-state index in [0.717, 1.165) is 49.0 Å². The lowest BCUT2D eigenvalue weighted by atomic mass is 10.3. The quantitative estimate of drug-likeness (QED) is 0.238. The Kier molecular flexibility index (Phi) is 6.11. The summed E-state index contributed by atoms with van der Waals surface area (Å²) in [5, 5.41) is 0. The third-order valence-electron chi connectivity index (χ3n) is 4.60. The van der Waals surface area contributed by atoms with Crippen LogP contribution in [0.25, 0.3) is 0 Å². The molecular weight excluding hydrogens is 395 g/mol. The van der Waals surface area contributed by atoms with E-state index in [-0.39, 0.29) is 24.8 Å². The lowest BCUT2D eigenvalue weighted by Crippen LogP contribution is -3.00. The van der Waals surface area contributed by atoms with Crippen molar-refractivity contribution in [3.63, 3.8) is 0 Å². The van der Waals surface area contributed by atoms with E-state index in [0.29, 0.717) is 0 Å². The molecule has 0 unspecified atom stereocenters. The van der Waals surface area contributed by atoms with Crippen LogP contribution in [0.2, 0.25) is 0 Å². The molecule has 0 saturated carbocycles. The number of pyridine rings is 2. The SMILES string of the molecule is [Cl-].[Cl-].c1cc2nc(c1)Cn1cc[n+](c1)Cc1cccc(n1)C[n+]1ccn(c1)C2. The predicted molar refractivity (Wildman–Crippen MR) is 94.1 cm³/mol. The number of nitrogens with zero attached hydrogens (tertiary/aromatic N) is 6. The molecule has 1 aliphatic rings. The summed E-state index contributed by atoms with van der Waals surface area (Å²) in [4.78, 5) is 9.64. The molecule has 0 amide bonds. The zero-order chi connectivity index (χ0) is 17.3. The van der Waals surface area contributed by atoms with Crippen LogP contribution in [0.4, 0.5) is 0 Å². The Morgan fingerprint density at radius 1 is 0.643 bits per heavy atom. The lowest BCUT2D eigenvalue weighted by molar-refractivity contribution is -0.689. The van der Waals surface area contributed by atoms with Crippen molar-refractivity contribution in [1.29, 1.82) is 0 Å². The van der Waals surface area contributed by atoms with E-state index in [4.69, 9.17) is 9.97 Å². The van der Waals surface area contributed by atoms with Gasteiger partial charge in [-0.1, -0.05) is 12.1 Å². The van der Waals surface area contributed by atoms with E-state index in [9.17, 15) is 0 Å². The van der Waals surface area contributed by atoms with Gasteiger partial charge in [0.25, 0.3) is 0 Å². The van der Waals surface area contributed by atoms with E-state index in [1.54, 1.807) is 0 Å². The van der Waals surface area contributed by atoms with Gasteiger partial charge in [0.2, 0.25) is 12.7 Å². The first kappa shape index (κ1) is 20.0. The van der Waals surface area contributed by atoms with Crippen LogP contribution in [0, 0.1) is 0 Å². The molecule has 28 heavy (non-hydrogen) atoms. The molecule has 6 nitrogen and oxygen atoms in total. The Bertz CT molecular complexity index is 915. The van der Waals surface area contributed by atoms with Gasteiger partial charge in [-0.15, -0.1) is 0 Å². The zero-order valence-corrected chi connectivity index (χ0v) is 16.7. The van der Waals surface area contributed by atoms with Gasteiger partial charge >= 0.3 is 0 Å². The maximum absolute atomic E-state index is 4.82. The molecule has 144 valence electrons. The lowest BCUT2D eigenvalue weighted by Gasteiger charge is -2.03. The number of fused-ring (bicyclic) bond motifs is 8. The molecule has 0 aromatic carbocycles. The fraction of sp³-hybridized carbons (Fsp3) is 0.200. The van der Waals surface area contributed by atoms with Crippen LogP contribution in [0.3, 0.4) is 0 Å². The van der Waals surface area contributed by atoms with Crippen molar-refractivity contribution in [2.45, 2.75) is 26.2 Å². The summed E-state index contributed by atoms with van der Waals surface area (Å²) in [7, 11) is 0. The molecular formula is C20H20Cl2N6. The Hall–Kier alpha value is -2.70. The van der Waals surface area contributed by atoms with Crippen LogP contribution >= 0.6 is 0 Å². The van der Waals surface area contributed by atoms with Gasteiger partial charge in [0.1, 0.15) is 51.0 Å². The van der Waals surface area contributed by atoms with Gasteiger partial charge in [-0.25, -0.2) is 28.2 Å². The van der Waals surface area contributed by atoms with Crippen LogP contribution < -0.4 is 33.9 Å². The van der Waals surface area contributed by atoms with Gasteiger partial charge in [0.05, 0.1) is 22.8 Å². The van der Waals surface area contributed by atoms with Crippen molar-refractivity contribution >= 4 is 0 Å². The van der Waals surface area contributed by atoms with Gasteiger partial charge in [0.15, 0.2) is 0 Å². The second-order valence-corrected chi connectivity index (χ2v) is 6.76. The standard InChI is InChI=1S/C20H20N6.2ClH/c1-3-17-11-23-7-9-25(15-23)13-19-5-2-6-20(22-19)14-26-10-8-24(16-26)12-18(4-1)21-17;;/h1-10,15-16H,11-14H2;2*1H/q+2;;/p-2. The Labute approximate surface area is 175 Å². The molecule has 8 bridgehead atoms. The molecule has 0 N–H and O–H groups in total. The van der Waals surface area contributed by atoms with Gasteiger partial charge < -0.3 is 24.8 Å². The average molecular weight is 415 g/mol. The molecule has 0 aliphatic carbocycles. The summed E-state index contributed by atoms with van der Waals surface area (Å²) in [5.74, 6) is 0. The van der Waals surface area contributed by atoms with Gasteiger partial charge in [0, 0.05) is 0 Å². The summed E-state index contributed by atoms with van der Waals surface area (Å²) >= 11 is 0. The highest BCUT2D eigenvalue weighted by molar-refractivity contribution is 5.12. The molecule has 5 rings (SSSR count). The van der Waals surface area contributed by atoms with Crippen molar-refractivity contribution < 1.29 is 33.9 Å². The molecule has 0 spiro atoms. The number of hydrogen-bond donors (Lipinski definition) is 0. The highest BCUT2D eigenvalue weighted by Crippen LogP contribution is 2.05. The fourth-order valence-electron chi connectivity index (χ4n) is 3.41. The Balaban J connectivity index is 0.00000112. The highest BCUT2D eigenvalue weighted by Gasteiger charge is 2.12. The summed E-state index contributed by atoms with van der Waals surface area (Å²) in [5.41, 5.74) is 4.27. The van der Waals surface area contributed by atoms with Crippen molar-refractivity contribution in [2.75, 3.05) is 0 Å². The van der Waals surface area contributed by atoms with E-state index < -0.39 is 0 Å². The maximum atomic E-state index is 4.82. The topological polar surface area (TPSA) is 43.4 Å². The fourth-order valence-corrected chi connectivity index (χ4v) is 3.41. The second-order valence-electron chi connectivity index (χ2n) is 6.76. The smallest absolute Gasteiger partial charge is 0.244 e. The zero-order valence-electron chi connectivity index (χ0n) is 15.2. The van der Waals surface area contributed by atoms with Crippen LogP contribution in [-0.2, 0) is 26.2 Å². The highest BCUT2D eigenvalue weighted by atomic mass is 35.5. The predicted octanol–water partition coefficient (Wildman–Crippen LogP) is -4.83. The van der Waals surface area contributed by atoms with E-state index in [1.807, 2.05) is 0 Å². The monoisotopic (exact) mass is 414 g/mol. The second kappa shape index (κ2) is 8.54. The molecule has 8 heteroatoms. The van der Waals surface area contributed by atoms with E-state index in [2.05, 4.69) is 92.1 Å². The first-order chi connectivity index (χ1) is 12.8. The van der Waals surface area contributed by atoms with Crippen molar-refractivity contribution in [3.05, 3.63) is 96.6 Å². The molecule has 0 saturated heterocycles. The Morgan fingerprint density at radius 2 is 1.07 bits per heavy atom. The number of aromatic nitrogens is 6. The van der Waals surface area contributed by atoms with Gasteiger partial charge in [-0.2, -0.15) is 0 Å². The molecule has 1 aliphatic heterocycles. The van der Waals surface area contributed by atoms with Crippen molar-refractivity contribution in [1.82, 2.24) is 19.1 Å². The summed E-state index contributed by atoms with van der Waals surface area (Å²) in [6.45, 7) is 3.06. The molecule has 0 atom stereocenters. The first-order valence-electron chi connectivity index (χ1n) is 8.79. The summed E-state index contributed by atoms with van der Waals surface area (Å²) in [6, 6.07) is 12.5. The van der Waals surface area contributed by atoms with E-state index in [1.165, 1.54) is 0 Å². The van der Waals surface area contributed by atoms with Crippen LogP contribution in [0.1, 0.15) is 22.8 Å². The van der Waals surface area contributed by atoms with Crippen LogP contribution in [0.15, 0.2) is 73.8 Å². The minimum atomic E-state index is 0. The molecule has 0 fully saturated rings. The Morgan fingerprint density at radius 3 is 1.57 bits per heavy atom. The van der Waals surface area contributed by atoms with Crippen LogP contribution in [0.5, 0.6) is 0 Å². The summed E-state index contributed by atoms with van der Waals surface area (Å²) in [6.07, 6.45) is 12.6.